The number of nitrogens with one attached hydrogen (secondary N) is 2. The van der Waals surface area contributed by atoms with E-state index < -0.39 is 17.8 Å². The zero-order valence-corrected chi connectivity index (χ0v) is 15.9. The number of carboxylic acids is 1. The average molecular weight is 398 g/mol. The van der Waals surface area contributed by atoms with Crippen LogP contribution in [0.3, 0.4) is 0 Å². The zero-order valence-electron chi connectivity index (χ0n) is 15.9. The van der Waals surface area contributed by atoms with Gasteiger partial charge in [-0.1, -0.05) is 12.1 Å². The molecule has 2 rings (SSSR count). The summed E-state index contributed by atoms with van der Waals surface area (Å²) in [6.07, 6.45) is 1.19. The van der Waals surface area contributed by atoms with E-state index in [9.17, 15) is 19.5 Å². The molecule has 152 valence electrons. The fourth-order valence-electron chi connectivity index (χ4n) is 2.28. The molecule has 0 unspecified atom stereocenters. The number of rotatable bonds is 8. The van der Waals surface area contributed by atoms with Crippen LogP contribution in [0.5, 0.6) is 11.5 Å². The van der Waals surface area contributed by atoms with Gasteiger partial charge in [-0.3, -0.25) is 9.59 Å². The van der Waals surface area contributed by atoms with E-state index in [1.807, 2.05) is 0 Å². The lowest BCUT2D eigenvalue weighted by atomic mass is 10.1. The molecule has 2 aromatic rings. The summed E-state index contributed by atoms with van der Waals surface area (Å²) in [6.45, 7) is 2.27. The van der Waals surface area contributed by atoms with Crippen molar-refractivity contribution in [1.82, 2.24) is 10.7 Å². The smallest absolute Gasteiger partial charge is 0.329 e. The van der Waals surface area contributed by atoms with E-state index >= 15 is 0 Å². The molecule has 0 aromatic heterocycles. The van der Waals surface area contributed by atoms with Crippen molar-refractivity contribution in [2.24, 2.45) is 5.10 Å². The molecule has 0 bridgehead atoms. The fourth-order valence-corrected chi connectivity index (χ4v) is 2.28. The van der Waals surface area contributed by atoms with Crippen LogP contribution in [0, 0.1) is 0 Å². The van der Waals surface area contributed by atoms with Gasteiger partial charge in [0.2, 0.25) is 0 Å². The van der Waals surface area contributed by atoms with Gasteiger partial charge < -0.3 is 24.7 Å². The number of hydrogen-bond donors (Lipinski definition) is 2. The van der Waals surface area contributed by atoms with Crippen LogP contribution in [0.15, 0.2) is 47.6 Å². The number of amides is 2. The second-order valence-corrected chi connectivity index (χ2v) is 5.70. The highest BCUT2D eigenvalue weighted by molar-refractivity contribution is 6.35. The van der Waals surface area contributed by atoms with E-state index in [1.54, 1.807) is 38.3 Å². The van der Waals surface area contributed by atoms with Crippen molar-refractivity contribution in [2.45, 2.75) is 13.5 Å². The molecule has 2 aromatic carbocycles. The molecule has 9 nitrogen and oxygen atoms in total. The minimum Gasteiger partial charge on any atom is -0.545 e. The standard InChI is InChI=1S/C20H21N3O6/c1-3-29-17-9-6-14(20(26)27)10-15(17)12-22-23-19(25)18(24)21-11-13-4-7-16(28-2)8-5-13/h4-10,12H,3,11H2,1-2H3,(H,21,24)(H,23,25)(H,26,27)/p-1/b22-12-. The molecule has 0 saturated heterocycles. The van der Waals surface area contributed by atoms with E-state index in [2.05, 4.69) is 15.8 Å². The van der Waals surface area contributed by atoms with Gasteiger partial charge in [-0.15, -0.1) is 0 Å². The van der Waals surface area contributed by atoms with Crippen molar-refractivity contribution in [3.8, 4) is 11.5 Å². The van der Waals surface area contributed by atoms with Crippen LogP contribution in [0.2, 0.25) is 0 Å². The molecule has 0 heterocycles. The Kier molecular flexibility index (Phi) is 7.72. The van der Waals surface area contributed by atoms with Crippen molar-refractivity contribution in [1.29, 1.82) is 0 Å². The van der Waals surface area contributed by atoms with Gasteiger partial charge in [-0.05, 0) is 48.4 Å². The molecule has 0 aliphatic heterocycles. The summed E-state index contributed by atoms with van der Waals surface area (Å²) < 4.78 is 10.4. The number of benzene rings is 2. The first-order valence-electron chi connectivity index (χ1n) is 8.67. The Morgan fingerprint density at radius 3 is 2.45 bits per heavy atom. The summed E-state index contributed by atoms with van der Waals surface area (Å²) in [5, 5.41) is 17.1. The van der Waals surface area contributed by atoms with E-state index in [1.165, 1.54) is 24.4 Å². The van der Waals surface area contributed by atoms with E-state index in [-0.39, 0.29) is 12.1 Å². The van der Waals surface area contributed by atoms with Crippen LogP contribution >= 0.6 is 0 Å². The second-order valence-electron chi connectivity index (χ2n) is 5.70. The van der Waals surface area contributed by atoms with Crippen molar-refractivity contribution < 1.29 is 29.0 Å². The molecule has 0 aliphatic carbocycles. The van der Waals surface area contributed by atoms with Gasteiger partial charge in [-0.25, -0.2) is 5.43 Å². The molecule has 9 heteroatoms. The molecular formula is C20H20N3O6-. The first kappa shape index (κ1) is 21.4. The Morgan fingerprint density at radius 1 is 1.10 bits per heavy atom. The SMILES string of the molecule is CCOc1ccc(C(=O)[O-])cc1/C=N\NC(=O)C(=O)NCc1ccc(OC)cc1. The Morgan fingerprint density at radius 2 is 1.83 bits per heavy atom. The van der Waals surface area contributed by atoms with E-state index in [0.717, 1.165) is 5.56 Å². The monoisotopic (exact) mass is 398 g/mol. The summed E-state index contributed by atoms with van der Waals surface area (Å²) in [4.78, 5) is 34.7. The van der Waals surface area contributed by atoms with Crippen LogP contribution < -0.4 is 25.3 Å². The molecule has 0 spiro atoms. The first-order valence-corrected chi connectivity index (χ1v) is 8.67. The fraction of sp³-hybridized carbons (Fsp3) is 0.200. The minimum absolute atomic E-state index is 0.0709. The molecule has 0 fully saturated rings. The molecule has 2 N–H and O–H groups in total. The molecule has 0 atom stereocenters. The quantitative estimate of drug-likeness (QED) is 0.372. The van der Waals surface area contributed by atoms with Gasteiger partial charge in [0.05, 0.1) is 25.9 Å². The highest BCUT2D eigenvalue weighted by atomic mass is 16.5. The highest BCUT2D eigenvalue weighted by Gasteiger charge is 2.12. The van der Waals surface area contributed by atoms with Gasteiger partial charge in [0.15, 0.2) is 0 Å². The summed E-state index contributed by atoms with van der Waals surface area (Å²) in [5.74, 6) is -2.14. The molecule has 0 saturated carbocycles. The summed E-state index contributed by atoms with van der Waals surface area (Å²) in [6, 6.07) is 11.1. The van der Waals surface area contributed by atoms with Crippen LogP contribution in [0.25, 0.3) is 0 Å². The summed E-state index contributed by atoms with van der Waals surface area (Å²) >= 11 is 0. The maximum absolute atomic E-state index is 11.9. The third-order valence-corrected chi connectivity index (χ3v) is 3.73. The number of ether oxygens (including phenoxy) is 2. The van der Waals surface area contributed by atoms with Gasteiger partial charge >= 0.3 is 11.8 Å². The number of hydrogen-bond acceptors (Lipinski definition) is 7. The van der Waals surface area contributed by atoms with Gasteiger partial charge in [0, 0.05) is 12.1 Å². The van der Waals surface area contributed by atoms with Crippen LogP contribution in [-0.2, 0) is 16.1 Å². The van der Waals surface area contributed by atoms with E-state index in [0.29, 0.717) is 23.7 Å². The van der Waals surface area contributed by atoms with Crippen molar-refractivity contribution in [3.05, 3.63) is 59.2 Å². The van der Waals surface area contributed by atoms with Crippen LogP contribution in [0.4, 0.5) is 0 Å². The lowest BCUT2D eigenvalue weighted by Gasteiger charge is -2.09. The number of nitrogens with zero attached hydrogens (tertiary/aromatic N) is 1. The number of aromatic carboxylic acids is 1. The predicted octanol–water partition coefficient (Wildman–Crippen LogP) is 0.224. The topological polar surface area (TPSA) is 129 Å². The highest BCUT2D eigenvalue weighted by Crippen LogP contribution is 2.18. The van der Waals surface area contributed by atoms with Crippen molar-refractivity contribution in [2.75, 3.05) is 13.7 Å². The molecular weight excluding hydrogens is 378 g/mol. The number of carbonyl (C=O) groups is 3. The largest absolute Gasteiger partial charge is 0.545 e. The van der Waals surface area contributed by atoms with E-state index in [4.69, 9.17) is 9.47 Å². The Hall–Kier alpha value is -3.88. The Bertz CT molecular complexity index is 909. The van der Waals surface area contributed by atoms with Gasteiger partial charge in [-0.2, -0.15) is 5.10 Å². The lowest BCUT2D eigenvalue weighted by molar-refractivity contribution is -0.255. The van der Waals surface area contributed by atoms with Gasteiger partial charge in [0.1, 0.15) is 11.5 Å². The van der Waals surface area contributed by atoms with Gasteiger partial charge in [0.25, 0.3) is 0 Å². The van der Waals surface area contributed by atoms with Crippen molar-refractivity contribution in [3.63, 3.8) is 0 Å². The first-order chi connectivity index (χ1) is 13.9. The molecule has 29 heavy (non-hydrogen) atoms. The minimum atomic E-state index is -1.36. The molecule has 0 radical (unpaired) electrons. The van der Waals surface area contributed by atoms with Crippen LogP contribution in [0.1, 0.15) is 28.4 Å². The number of carbonyl (C=O) groups excluding carboxylic acids is 3. The number of methoxy groups -OCH3 is 1. The summed E-state index contributed by atoms with van der Waals surface area (Å²) in [7, 11) is 1.55. The second kappa shape index (κ2) is 10.5. The normalized spacial score (nSPS) is 10.4. The Balaban J connectivity index is 1.94. The number of carboxylic acid groups (broad SMARTS) is 1. The lowest BCUT2D eigenvalue weighted by Crippen LogP contribution is -2.37. The average Bonchev–Trinajstić information content (AvgIpc) is 2.73. The third-order valence-electron chi connectivity index (χ3n) is 3.73. The number of hydrazone groups is 1. The maximum atomic E-state index is 11.9. The predicted molar refractivity (Wildman–Crippen MR) is 103 cm³/mol. The van der Waals surface area contributed by atoms with Crippen LogP contribution in [-0.4, -0.2) is 37.7 Å². The molecule has 2 amide bonds. The molecule has 0 aliphatic rings. The third kappa shape index (κ3) is 6.35. The van der Waals surface area contributed by atoms with Crippen molar-refractivity contribution >= 4 is 24.0 Å². The zero-order chi connectivity index (χ0) is 21.2. The Labute approximate surface area is 167 Å². The summed E-state index contributed by atoms with van der Waals surface area (Å²) in [5.41, 5.74) is 3.11. The maximum Gasteiger partial charge on any atom is 0.329 e.